The summed E-state index contributed by atoms with van der Waals surface area (Å²) in [5, 5.41) is 13.6. The number of sulfonamides is 1. The van der Waals surface area contributed by atoms with Gasteiger partial charge in [-0.05, 0) is 26.0 Å². The molecule has 8 nitrogen and oxygen atoms in total. The predicted octanol–water partition coefficient (Wildman–Crippen LogP) is 0.366. The maximum absolute atomic E-state index is 12.3. The average molecular weight is 324 g/mol. The standard InChI is InChI=1S/C13H16N4O4S/c1-8-12(9(2)17(3)15-8)22(20,21)16-14-13(19)10-6-4-5-7-11(10)18/h4-7,16,18H,1-3H3,(H,14,19). The van der Waals surface area contributed by atoms with E-state index in [4.69, 9.17) is 0 Å². The van der Waals surface area contributed by atoms with Crippen molar-refractivity contribution in [1.29, 1.82) is 0 Å². The van der Waals surface area contributed by atoms with Crippen LogP contribution in [-0.2, 0) is 17.1 Å². The number of aryl methyl sites for hydroxylation is 2. The molecular weight excluding hydrogens is 308 g/mol. The van der Waals surface area contributed by atoms with Crippen LogP contribution in [0.2, 0.25) is 0 Å². The van der Waals surface area contributed by atoms with Crippen LogP contribution in [0.5, 0.6) is 5.75 Å². The van der Waals surface area contributed by atoms with Crippen LogP contribution in [-0.4, -0.2) is 29.2 Å². The third-order valence-corrected chi connectivity index (χ3v) is 4.66. The van der Waals surface area contributed by atoms with Crippen molar-refractivity contribution < 1.29 is 18.3 Å². The highest BCUT2D eigenvalue weighted by atomic mass is 32.2. The van der Waals surface area contributed by atoms with E-state index in [1.54, 1.807) is 33.0 Å². The number of carbonyl (C=O) groups excluding carboxylic acids is 1. The van der Waals surface area contributed by atoms with Gasteiger partial charge in [0.15, 0.2) is 0 Å². The Kier molecular flexibility index (Phi) is 4.20. The Labute approximate surface area is 127 Å². The van der Waals surface area contributed by atoms with E-state index in [1.165, 1.54) is 16.8 Å². The molecule has 0 fully saturated rings. The van der Waals surface area contributed by atoms with Crippen molar-refractivity contribution in [1.82, 2.24) is 20.0 Å². The van der Waals surface area contributed by atoms with Crippen LogP contribution < -0.4 is 10.3 Å². The van der Waals surface area contributed by atoms with Crippen molar-refractivity contribution in [2.75, 3.05) is 0 Å². The Hall–Kier alpha value is -2.39. The number of benzene rings is 1. The number of aromatic hydroxyl groups is 1. The lowest BCUT2D eigenvalue weighted by molar-refractivity contribution is 0.0942. The highest BCUT2D eigenvalue weighted by molar-refractivity contribution is 7.89. The van der Waals surface area contributed by atoms with Crippen molar-refractivity contribution in [2.45, 2.75) is 18.7 Å². The molecule has 0 aliphatic carbocycles. The van der Waals surface area contributed by atoms with Crippen LogP contribution in [0.4, 0.5) is 0 Å². The van der Waals surface area contributed by atoms with Crippen LogP contribution >= 0.6 is 0 Å². The van der Waals surface area contributed by atoms with Gasteiger partial charge in [-0.15, -0.1) is 4.83 Å². The molecule has 9 heteroatoms. The van der Waals surface area contributed by atoms with E-state index < -0.39 is 15.9 Å². The molecule has 0 aliphatic rings. The molecule has 0 saturated carbocycles. The molecule has 1 amide bonds. The minimum Gasteiger partial charge on any atom is -0.507 e. The van der Waals surface area contributed by atoms with Gasteiger partial charge in [-0.2, -0.15) is 5.10 Å². The SMILES string of the molecule is Cc1nn(C)c(C)c1S(=O)(=O)NNC(=O)c1ccccc1O. The third-order valence-electron chi connectivity index (χ3n) is 3.16. The number of phenolic OH excluding ortho intramolecular Hbond substituents is 1. The number of rotatable bonds is 4. The molecule has 0 spiro atoms. The van der Waals surface area contributed by atoms with Crippen molar-refractivity contribution in [3.8, 4) is 5.75 Å². The maximum atomic E-state index is 12.3. The Balaban J connectivity index is 2.20. The lowest BCUT2D eigenvalue weighted by Crippen LogP contribution is -2.41. The number of hydrogen-bond acceptors (Lipinski definition) is 5. The number of hydrazine groups is 1. The van der Waals surface area contributed by atoms with Crippen molar-refractivity contribution in [2.24, 2.45) is 7.05 Å². The van der Waals surface area contributed by atoms with E-state index in [2.05, 4.69) is 10.5 Å². The van der Waals surface area contributed by atoms with Crippen molar-refractivity contribution in [3.63, 3.8) is 0 Å². The summed E-state index contributed by atoms with van der Waals surface area (Å²) in [7, 11) is -2.34. The van der Waals surface area contributed by atoms with Crippen LogP contribution in [0.15, 0.2) is 29.2 Å². The second kappa shape index (κ2) is 5.78. The third kappa shape index (κ3) is 2.95. The summed E-state index contributed by atoms with van der Waals surface area (Å²) >= 11 is 0. The number of aromatic nitrogens is 2. The molecule has 118 valence electrons. The van der Waals surface area contributed by atoms with Gasteiger partial charge in [0.1, 0.15) is 10.6 Å². The summed E-state index contributed by atoms with van der Waals surface area (Å²) in [6.45, 7) is 3.17. The summed E-state index contributed by atoms with van der Waals surface area (Å²) in [6.07, 6.45) is 0. The minimum absolute atomic E-state index is 0.00702. The molecule has 1 aromatic carbocycles. The highest BCUT2D eigenvalue weighted by Crippen LogP contribution is 2.18. The quantitative estimate of drug-likeness (QED) is 0.703. The van der Waals surface area contributed by atoms with Gasteiger partial charge in [0.25, 0.3) is 15.9 Å². The Morgan fingerprint density at radius 1 is 1.27 bits per heavy atom. The molecule has 3 N–H and O–H groups in total. The number of phenols is 1. The van der Waals surface area contributed by atoms with Gasteiger partial charge in [-0.3, -0.25) is 14.9 Å². The number of nitrogens with one attached hydrogen (secondary N) is 2. The van der Waals surface area contributed by atoms with E-state index in [9.17, 15) is 18.3 Å². The molecule has 1 aromatic heterocycles. The van der Waals surface area contributed by atoms with Crippen molar-refractivity contribution >= 4 is 15.9 Å². The normalized spacial score (nSPS) is 11.4. The number of carbonyl (C=O) groups is 1. The molecule has 0 bridgehead atoms. The first-order valence-electron chi connectivity index (χ1n) is 6.34. The van der Waals surface area contributed by atoms with Crippen LogP contribution in [0, 0.1) is 13.8 Å². The van der Waals surface area contributed by atoms with Gasteiger partial charge in [0, 0.05) is 7.05 Å². The Morgan fingerprint density at radius 2 is 1.91 bits per heavy atom. The fraction of sp³-hybridized carbons (Fsp3) is 0.231. The van der Waals surface area contributed by atoms with Gasteiger partial charge in [-0.25, -0.2) is 8.42 Å². The fourth-order valence-corrected chi connectivity index (χ4v) is 3.32. The predicted molar refractivity (Wildman–Crippen MR) is 78.6 cm³/mol. The van der Waals surface area contributed by atoms with E-state index in [-0.39, 0.29) is 16.2 Å². The molecule has 0 radical (unpaired) electrons. The van der Waals surface area contributed by atoms with Crippen LogP contribution in [0.1, 0.15) is 21.7 Å². The molecule has 0 atom stereocenters. The summed E-state index contributed by atoms with van der Waals surface area (Å²) in [4.78, 5) is 13.9. The Bertz CT molecular complexity index is 827. The molecule has 2 rings (SSSR count). The van der Waals surface area contributed by atoms with Crippen LogP contribution in [0.25, 0.3) is 0 Å². The smallest absolute Gasteiger partial charge is 0.269 e. The molecule has 0 unspecified atom stereocenters. The second-order valence-corrected chi connectivity index (χ2v) is 6.32. The minimum atomic E-state index is -3.96. The summed E-state index contributed by atoms with van der Waals surface area (Å²) in [6, 6.07) is 5.82. The van der Waals surface area contributed by atoms with Crippen LogP contribution in [0.3, 0.4) is 0 Å². The molecule has 0 aliphatic heterocycles. The number of hydrogen-bond donors (Lipinski definition) is 3. The molecular formula is C13H16N4O4S. The first-order chi connectivity index (χ1) is 10.2. The summed E-state index contributed by atoms with van der Waals surface area (Å²) in [5.41, 5.74) is 2.80. The zero-order chi connectivity index (χ0) is 16.5. The lowest BCUT2D eigenvalue weighted by atomic mass is 10.2. The second-order valence-electron chi connectivity index (χ2n) is 4.70. The van der Waals surface area contributed by atoms with E-state index in [0.29, 0.717) is 11.4 Å². The topological polar surface area (TPSA) is 113 Å². The molecule has 22 heavy (non-hydrogen) atoms. The van der Waals surface area contributed by atoms with E-state index in [1.807, 2.05) is 4.83 Å². The number of nitrogens with zero attached hydrogens (tertiary/aromatic N) is 2. The van der Waals surface area contributed by atoms with Gasteiger partial charge in [0.05, 0.1) is 17.0 Å². The summed E-state index contributed by atoms with van der Waals surface area (Å²) in [5.74, 6) is -1.01. The largest absolute Gasteiger partial charge is 0.507 e. The molecule has 1 heterocycles. The van der Waals surface area contributed by atoms with Crippen molar-refractivity contribution in [3.05, 3.63) is 41.2 Å². The zero-order valence-corrected chi connectivity index (χ0v) is 13.1. The zero-order valence-electron chi connectivity index (χ0n) is 12.3. The fourth-order valence-electron chi connectivity index (χ4n) is 2.04. The lowest BCUT2D eigenvalue weighted by Gasteiger charge is -2.09. The monoisotopic (exact) mass is 324 g/mol. The first-order valence-corrected chi connectivity index (χ1v) is 7.82. The first kappa shape index (κ1) is 16.0. The van der Waals surface area contributed by atoms with E-state index >= 15 is 0 Å². The van der Waals surface area contributed by atoms with Gasteiger partial charge in [-0.1, -0.05) is 12.1 Å². The number of para-hydroxylation sites is 1. The van der Waals surface area contributed by atoms with Gasteiger partial charge >= 0.3 is 0 Å². The van der Waals surface area contributed by atoms with E-state index in [0.717, 1.165) is 0 Å². The Morgan fingerprint density at radius 3 is 2.45 bits per heavy atom. The molecule has 0 saturated heterocycles. The maximum Gasteiger partial charge on any atom is 0.269 e. The average Bonchev–Trinajstić information content (AvgIpc) is 2.70. The summed E-state index contributed by atoms with van der Waals surface area (Å²) < 4.78 is 26.0. The highest BCUT2D eigenvalue weighted by Gasteiger charge is 2.24. The number of amides is 1. The molecule has 2 aromatic rings. The van der Waals surface area contributed by atoms with Gasteiger partial charge in [0.2, 0.25) is 0 Å². The van der Waals surface area contributed by atoms with Gasteiger partial charge < -0.3 is 5.11 Å².